The van der Waals surface area contributed by atoms with Gasteiger partial charge >= 0.3 is 0 Å². The molecule has 0 radical (unpaired) electrons. The Morgan fingerprint density at radius 1 is 1.00 bits per heavy atom. The van der Waals surface area contributed by atoms with Gasteiger partial charge in [-0.15, -0.1) is 11.8 Å². The molecule has 3 aliphatic carbocycles. The predicted octanol–water partition coefficient (Wildman–Crippen LogP) is 6.55. The molecule has 1 aliphatic heterocycles. The van der Waals surface area contributed by atoms with Crippen LogP contribution >= 0.6 is 11.8 Å². The molecule has 0 aromatic heterocycles. The molecule has 4 unspecified atom stereocenters. The van der Waals surface area contributed by atoms with Crippen LogP contribution in [0.2, 0.25) is 0 Å². The van der Waals surface area contributed by atoms with Gasteiger partial charge in [0, 0.05) is 16.7 Å². The first kappa shape index (κ1) is 25.6. The number of benzene rings is 2. The number of hydrogen-bond acceptors (Lipinski definition) is 5. The topological polar surface area (TPSA) is 41.9 Å². The molecule has 6 atom stereocenters. The van der Waals surface area contributed by atoms with Gasteiger partial charge in [0.25, 0.3) is 0 Å². The number of hydrogen-bond donors (Lipinski definition) is 1. The Kier molecular flexibility index (Phi) is 7.48. The van der Waals surface area contributed by atoms with Crippen LogP contribution in [0.1, 0.15) is 68.9 Å². The molecular formula is C32H43NO3S. The maximum absolute atomic E-state index is 11.0. The third kappa shape index (κ3) is 5.04. The summed E-state index contributed by atoms with van der Waals surface area (Å²) in [5.74, 6) is 3.70. The summed E-state index contributed by atoms with van der Waals surface area (Å²) < 4.78 is 11.7. The zero-order valence-electron chi connectivity index (χ0n) is 22.5. The fourth-order valence-electron chi connectivity index (χ4n) is 8.03. The minimum absolute atomic E-state index is 0.0655. The van der Waals surface area contributed by atoms with E-state index >= 15 is 0 Å². The predicted molar refractivity (Wildman–Crippen MR) is 151 cm³/mol. The number of ether oxygens (including phenoxy) is 2. The van der Waals surface area contributed by atoms with Gasteiger partial charge in [-0.25, -0.2) is 0 Å². The highest BCUT2D eigenvalue weighted by Crippen LogP contribution is 2.62. The van der Waals surface area contributed by atoms with Crippen molar-refractivity contribution < 1.29 is 14.6 Å². The van der Waals surface area contributed by atoms with E-state index in [1.807, 2.05) is 11.8 Å². The van der Waals surface area contributed by atoms with Crippen LogP contribution in [0, 0.1) is 17.3 Å². The zero-order chi connectivity index (χ0) is 25.4. The normalized spacial score (nSPS) is 33.3. The van der Waals surface area contributed by atoms with Gasteiger partial charge < -0.3 is 14.6 Å². The van der Waals surface area contributed by atoms with E-state index in [1.54, 1.807) is 7.11 Å². The molecule has 1 saturated heterocycles. The first-order valence-electron chi connectivity index (χ1n) is 14.5. The van der Waals surface area contributed by atoms with Crippen LogP contribution in [0.5, 0.6) is 11.5 Å². The van der Waals surface area contributed by atoms with Crippen molar-refractivity contribution in [3.05, 3.63) is 53.6 Å². The molecule has 2 aromatic rings. The van der Waals surface area contributed by atoms with Gasteiger partial charge in [0.1, 0.15) is 18.1 Å². The van der Waals surface area contributed by atoms with Gasteiger partial charge in [-0.2, -0.15) is 0 Å². The number of nitrogens with zero attached hydrogens (tertiary/aromatic N) is 1. The Balaban J connectivity index is 1.18. The van der Waals surface area contributed by atoms with E-state index in [9.17, 15) is 5.11 Å². The summed E-state index contributed by atoms with van der Waals surface area (Å²) in [5.41, 5.74) is 3.05. The number of aliphatic hydroxyl groups is 1. The SMILES string of the molecule is COc1ccc2c(c1)CC(Sc1ccc(OCCN3CCCCC3)cc1)C1C2CC[C@@]2(C)C1CC[C@@H]2O. The summed E-state index contributed by atoms with van der Waals surface area (Å²) in [6, 6.07) is 15.6. The van der Waals surface area contributed by atoms with Gasteiger partial charge in [0.2, 0.25) is 0 Å². The van der Waals surface area contributed by atoms with Gasteiger partial charge in [-0.05, 0) is 129 Å². The molecule has 0 amide bonds. The second-order valence-electron chi connectivity index (χ2n) is 12.1. The van der Waals surface area contributed by atoms with E-state index in [0.29, 0.717) is 23.0 Å². The molecule has 2 aromatic carbocycles. The fourth-order valence-corrected chi connectivity index (χ4v) is 9.48. The van der Waals surface area contributed by atoms with Gasteiger partial charge in [-0.3, -0.25) is 4.90 Å². The third-order valence-electron chi connectivity index (χ3n) is 10.1. The highest BCUT2D eigenvalue weighted by atomic mass is 32.2. The maximum Gasteiger partial charge on any atom is 0.119 e. The molecule has 4 aliphatic rings. The number of piperidine rings is 1. The standard InChI is InChI=1S/C32H43NO3S/c1-32-15-14-27-26-11-8-24(35-2)20-22(26)21-29(31(27)28(32)12-13-30(32)34)37-25-9-6-23(7-10-25)36-19-18-33-16-4-3-5-17-33/h6-11,20,27-31,34H,3-5,12-19,21H2,1-2H3/t27?,28?,29?,30-,31?,32-/m0/s1. The van der Waals surface area contributed by atoms with E-state index in [4.69, 9.17) is 9.47 Å². The number of likely N-dealkylation sites (tertiary alicyclic amines) is 1. The molecule has 6 rings (SSSR count). The molecule has 2 saturated carbocycles. The lowest BCUT2D eigenvalue weighted by atomic mass is 9.55. The number of fused-ring (bicyclic) bond motifs is 5. The average Bonchev–Trinajstić information content (AvgIpc) is 3.24. The van der Waals surface area contributed by atoms with Crippen molar-refractivity contribution >= 4 is 11.8 Å². The van der Waals surface area contributed by atoms with Crippen molar-refractivity contribution in [3.8, 4) is 11.5 Å². The quantitative estimate of drug-likeness (QED) is 0.448. The van der Waals surface area contributed by atoms with Crippen LogP contribution in [-0.4, -0.2) is 54.7 Å². The lowest BCUT2D eigenvalue weighted by Gasteiger charge is -2.52. The van der Waals surface area contributed by atoms with Gasteiger partial charge in [0.05, 0.1) is 13.2 Å². The minimum atomic E-state index is -0.150. The van der Waals surface area contributed by atoms with Crippen LogP contribution in [0.25, 0.3) is 0 Å². The first-order valence-corrected chi connectivity index (χ1v) is 15.4. The van der Waals surface area contributed by atoms with E-state index in [-0.39, 0.29) is 11.5 Å². The van der Waals surface area contributed by atoms with Crippen LogP contribution < -0.4 is 9.47 Å². The molecule has 37 heavy (non-hydrogen) atoms. The second kappa shape index (κ2) is 10.8. The molecule has 3 fully saturated rings. The number of thioether (sulfide) groups is 1. The molecule has 1 heterocycles. The summed E-state index contributed by atoms with van der Waals surface area (Å²) in [7, 11) is 1.77. The molecule has 200 valence electrons. The molecular weight excluding hydrogens is 478 g/mol. The van der Waals surface area contributed by atoms with Gasteiger partial charge in [0.15, 0.2) is 0 Å². The number of aliphatic hydroxyl groups excluding tert-OH is 1. The van der Waals surface area contributed by atoms with Crippen molar-refractivity contribution in [2.75, 3.05) is 33.4 Å². The highest BCUT2D eigenvalue weighted by Gasteiger charge is 2.56. The Morgan fingerprint density at radius 2 is 1.78 bits per heavy atom. The molecule has 0 bridgehead atoms. The van der Waals surface area contributed by atoms with E-state index in [1.165, 1.54) is 54.8 Å². The second-order valence-corrected chi connectivity index (χ2v) is 13.4. The van der Waals surface area contributed by atoms with Crippen LogP contribution in [0.3, 0.4) is 0 Å². The van der Waals surface area contributed by atoms with Crippen LogP contribution in [0.4, 0.5) is 0 Å². The van der Waals surface area contributed by atoms with Crippen molar-refractivity contribution in [1.29, 1.82) is 0 Å². The fraction of sp³-hybridized carbons (Fsp3) is 0.625. The Hall–Kier alpha value is -1.69. The van der Waals surface area contributed by atoms with Crippen LogP contribution in [-0.2, 0) is 6.42 Å². The summed E-state index contributed by atoms with van der Waals surface area (Å²) >= 11 is 2.05. The van der Waals surface area contributed by atoms with Crippen molar-refractivity contribution in [2.45, 2.75) is 80.5 Å². The van der Waals surface area contributed by atoms with Crippen molar-refractivity contribution in [2.24, 2.45) is 17.3 Å². The minimum Gasteiger partial charge on any atom is -0.497 e. The smallest absolute Gasteiger partial charge is 0.119 e. The molecule has 1 N–H and O–H groups in total. The lowest BCUT2D eigenvalue weighted by molar-refractivity contribution is -0.0209. The van der Waals surface area contributed by atoms with Gasteiger partial charge in [-0.1, -0.05) is 19.4 Å². The largest absolute Gasteiger partial charge is 0.497 e. The molecule has 0 spiro atoms. The van der Waals surface area contributed by atoms with E-state index < -0.39 is 0 Å². The number of rotatable bonds is 7. The summed E-state index contributed by atoms with van der Waals surface area (Å²) in [6.45, 7) is 6.59. The van der Waals surface area contributed by atoms with Crippen molar-refractivity contribution in [3.63, 3.8) is 0 Å². The van der Waals surface area contributed by atoms with Crippen molar-refractivity contribution in [1.82, 2.24) is 4.90 Å². The lowest BCUT2D eigenvalue weighted by Crippen LogP contribution is -2.48. The summed E-state index contributed by atoms with van der Waals surface area (Å²) in [4.78, 5) is 3.85. The van der Waals surface area contributed by atoms with Crippen LogP contribution in [0.15, 0.2) is 47.4 Å². The molecule has 5 heteroatoms. The number of methoxy groups -OCH3 is 1. The molecule has 4 nitrogen and oxygen atoms in total. The highest BCUT2D eigenvalue weighted by molar-refractivity contribution is 8.00. The Morgan fingerprint density at radius 3 is 2.57 bits per heavy atom. The Bertz CT molecular complexity index is 1070. The Labute approximate surface area is 227 Å². The summed E-state index contributed by atoms with van der Waals surface area (Å²) in [5, 5.41) is 11.5. The first-order chi connectivity index (χ1) is 18.0. The maximum atomic E-state index is 11.0. The van der Waals surface area contributed by atoms with E-state index in [0.717, 1.165) is 50.3 Å². The zero-order valence-corrected chi connectivity index (χ0v) is 23.3. The third-order valence-corrected chi connectivity index (χ3v) is 11.4. The monoisotopic (exact) mass is 521 g/mol. The summed E-state index contributed by atoms with van der Waals surface area (Å²) in [6.07, 6.45) is 9.36. The van der Waals surface area contributed by atoms with E-state index in [2.05, 4.69) is 54.3 Å². The average molecular weight is 522 g/mol.